The second-order valence-corrected chi connectivity index (χ2v) is 8.45. The van der Waals surface area contributed by atoms with E-state index >= 15 is 0 Å². The molecule has 3 rings (SSSR count). The smallest absolute Gasteiger partial charge is 0.269 e. The number of non-ortho nitro benzene ring substituents is 1. The maximum Gasteiger partial charge on any atom is 0.269 e. The van der Waals surface area contributed by atoms with E-state index in [2.05, 4.69) is 15.1 Å². The summed E-state index contributed by atoms with van der Waals surface area (Å²) in [5.41, 5.74) is 2.43. The Balaban J connectivity index is 1.72. The molecule has 0 bridgehead atoms. The molecule has 0 fully saturated rings. The van der Waals surface area contributed by atoms with Crippen LogP contribution in [0.1, 0.15) is 22.8 Å². The van der Waals surface area contributed by atoms with Crippen molar-refractivity contribution in [1.29, 1.82) is 0 Å². The minimum atomic E-state index is -3.39. The number of aryl methyl sites for hydroxylation is 1. The summed E-state index contributed by atoms with van der Waals surface area (Å²) in [4.78, 5) is 22.8. The lowest BCUT2D eigenvalue weighted by Gasteiger charge is -2.11. The van der Waals surface area contributed by atoms with E-state index in [1.54, 1.807) is 32.0 Å². The van der Waals surface area contributed by atoms with Crippen LogP contribution in [0.4, 0.5) is 17.1 Å². The predicted octanol–water partition coefficient (Wildman–Crippen LogP) is 3.10. The Labute approximate surface area is 172 Å². The van der Waals surface area contributed by atoms with Crippen LogP contribution in [0, 0.1) is 17.0 Å². The number of nitro benzene ring substituents is 1. The van der Waals surface area contributed by atoms with E-state index in [0.29, 0.717) is 28.2 Å². The van der Waals surface area contributed by atoms with Crippen molar-refractivity contribution in [2.45, 2.75) is 13.8 Å². The molecule has 1 heterocycles. The maximum absolute atomic E-state index is 12.5. The summed E-state index contributed by atoms with van der Waals surface area (Å²) in [7, 11) is -3.39. The molecule has 0 radical (unpaired) electrons. The van der Waals surface area contributed by atoms with Crippen LogP contribution in [0.3, 0.4) is 0 Å². The predicted molar refractivity (Wildman–Crippen MR) is 112 cm³/mol. The fourth-order valence-electron chi connectivity index (χ4n) is 2.61. The third-order valence-electron chi connectivity index (χ3n) is 4.30. The number of hydrogen-bond donors (Lipinski definition) is 2. The van der Waals surface area contributed by atoms with Gasteiger partial charge in [-0.15, -0.1) is 0 Å². The SMILES string of the molecule is CCS(=O)(=O)Nc1ccc(NC(=O)c2cnn(-c3ccc([N+](=O)[O-])cc3)c2)cc1C. The number of anilines is 2. The van der Waals surface area contributed by atoms with Gasteiger partial charge in [-0.05, 0) is 49.7 Å². The highest BCUT2D eigenvalue weighted by Crippen LogP contribution is 2.22. The third-order valence-corrected chi connectivity index (χ3v) is 5.59. The minimum absolute atomic E-state index is 0.0380. The first-order valence-corrected chi connectivity index (χ1v) is 10.6. The van der Waals surface area contributed by atoms with Crippen molar-refractivity contribution in [3.8, 4) is 5.69 Å². The zero-order valence-electron chi connectivity index (χ0n) is 16.2. The van der Waals surface area contributed by atoms with Crippen LogP contribution >= 0.6 is 0 Å². The van der Waals surface area contributed by atoms with Crippen LogP contribution in [-0.4, -0.2) is 34.8 Å². The number of rotatable bonds is 7. The number of nitrogens with one attached hydrogen (secondary N) is 2. The van der Waals surface area contributed by atoms with Gasteiger partial charge < -0.3 is 5.32 Å². The molecule has 1 aromatic heterocycles. The van der Waals surface area contributed by atoms with E-state index in [0.717, 1.165) is 0 Å². The summed E-state index contributed by atoms with van der Waals surface area (Å²) in [6, 6.07) is 10.6. The summed E-state index contributed by atoms with van der Waals surface area (Å²) >= 11 is 0. The molecule has 0 aliphatic rings. The van der Waals surface area contributed by atoms with Gasteiger partial charge in [0.1, 0.15) is 0 Å². The van der Waals surface area contributed by atoms with Crippen LogP contribution in [-0.2, 0) is 10.0 Å². The molecule has 0 saturated carbocycles. The lowest BCUT2D eigenvalue weighted by atomic mass is 10.2. The zero-order chi connectivity index (χ0) is 21.9. The second-order valence-electron chi connectivity index (χ2n) is 6.44. The van der Waals surface area contributed by atoms with Crippen molar-refractivity contribution >= 4 is 33.0 Å². The van der Waals surface area contributed by atoms with Crippen LogP contribution in [0.15, 0.2) is 54.9 Å². The number of benzene rings is 2. The van der Waals surface area contributed by atoms with Crippen molar-refractivity contribution in [3.63, 3.8) is 0 Å². The molecular formula is C19H19N5O5S. The summed E-state index contributed by atoms with van der Waals surface area (Å²) in [6.45, 7) is 3.28. The molecule has 1 amide bonds. The van der Waals surface area contributed by atoms with Crippen LogP contribution in [0.5, 0.6) is 0 Å². The highest BCUT2D eigenvalue weighted by Gasteiger charge is 2.13. The van der Waals surface area contributed by atoms with Crippen LogP contribution in [0.2, 0.25) is 0 Å². The molecule has 30 heavy (non-hydrogen) atoms. The molecule has 0 unspecified atom stereocenters. The maximum atomic E-state index is 12.5. The number of nitrogens with zero attached hydrogens (tertiary/aromatic N) is 3. The topological polar surface area (TPSA) is 136 Å². The first-order chi connectivity index (χ1) is 14.2. The van der Waals surface area contributed by atoms with Crippen molar-refractivity contribution in [2.75, 3.05) is 15.8 Å². The first-order valence-electron chi connectivity index (χ1n) is 8.90. The zero-order valence-corrected chi connectivity index (χ0v) is 17.0. The molecule has 3 aromatic rings. The summed E-state index contributed by atoms with van der Waals surface area (Å²) in [5, 5.41) is 17.6. The molecule has 2 N–H and O–H groups in total. The fourth-order valence-corrected chi connectivity index (χ4v) is 3.32. The highest BCUT2D eigenvalue weighted by atomic mass is 32.2. The van der Waals surface area contributed by atoms with E-state index in [-0.39, 0.29) is 11.4 Å². The Morgan fingerprint density at radius 1 is 1.20 bits per heavy atom. The molecule has 2 aromatic carbocycles. The average molecular weight is 429 g/mol. The van der Waals surface area contributed by atoms with Gasteiger partial charge in [0.2, 0.25) is 10.0 Å². The molecule has 0 saturated heterocycles. The Morgan fingerprint density at radius 2 is 1.90 bits per heavy atom. The number of carbonyl (C=O) groups excluding carboxylic acids is 1. The molecule has 0 aliphatic heterocycles. The van der Waals surface area contributed by atoms with Crippen LogP contribution in [0.25, 0.3) is 5.69 Å². The van der Waals surface area contributed by atoms with E-state index < -0.39 is 20.9 Å². The Kier molecular flexibility index (Phi) is 5.83. The monoisotopic (exact) mass is 429 g/mol. The Morgan fingerprint density at radius 3 is 2.50 bits per heavy atom. The molecule has 0 aliphatic carbocycles. The van der Waals surface area contributed by atoms with Gasteiger partial charge in [-0.2, -0.15) is 5.10 Å². The number of carbonyl (C=O) groups is 1. The van der Waals surface area contributed by atoms with E-state index in [1.807, 2.05) is 0 Å². The van der Waals surface area contributed by atoms with Gasteiger partial charge in [-0.1, -0.05) is 0 Å². The highest BCUT2D eigenvalue weighted by molar-refractivity contribution is 7.92. The van der Waals surface area contributed by atoms with Gasteiger partial charge in [-0.3, -0.25) is 19.6 Å². The summed E-state index contributed by atoms with van der Waals surface area (Å²) < 4.78 is 27.4. The average Bonchev–Trinajstić information content (AvgIpc) is 3.20. The number of aromatic nitrogens is 2. The van der Waals surface area contributed by atoms with Gasteiger partial charge >= 0.3 is 0 Å². The quantitative estimate of drug-likeness (QED) is 0.437. The molecular weight excluding hydrogens is 410 g/mol. The Bertz CT molecular complexity index is 1200. The number of amides is 1. The summed E-state index contributed by atoms with van der Waals surface area (Å²) in [6.07, 6.45) is 2.89. The lowest BCUT2D eigenvalue weighted by molar-refractivity contribution is -0.384. The van der Waals surface area contributed by atoms with E-state index in [9.17, 15) is 23.3 Å². The summed E-state index contributed by atoms with van der Waals surface area (Å²) in [5.74, 6) is -0.437. The Hall–Kier alpha value is -3.73. The number of sulfonamides is 1. The van der Waals surface area contributed by atoms with Gasteiger partial charge in [0.05, 0.1) is 33.8 Å². The molecule has 156 valence electrons. The van der Waals surface area contributed by atoms with Crippen LogP contribution < -0.4 is 10.0 Å². The van der Waals surface area contributed by atoms with E-state index in [4.69, 9.17) is 0 Å². The third kappa shape index (κ3) is 4.81. The van der Waals surface area contributed by atoms with E-state index in [1.165, 1.54) is 41.3 Å². The van der Waals surface area contributed by atoms with Crippen molar-refractivity contribution in [2.24, 2.45) is 0 Å². The minimum Gasteiger partial charge on any atom is -0.322 e. The normalized spacial score (nSPS) is 11.1. The molecule has 10 nitrogen and oxygen atoms in total. The number of hydrogen-bond acceptors (Lipinski definition) is 6. The second kappa shape index (κ2) is 8.33. The van der Waals surface area contributed by atoms with Crippen molar-refractivity contribution < 1.29 is 18.1 Å². The molecule has 0 atom stereocenters. The lowest BCUT2D eigenvalue weighted by Crippen LogP contribution is -2.16. The largest absolute Gasteiger partial charge is 0.322 e. The molecule has 11 heteroatoms. The fraction of sp³-hybridized carbons (Fsp3) is 0.158. The van der Waals surface area contributed by atoms with Gasteiger partial charge in [-0.25, -0.2) is 13.1 Å². The first kappa shape index (κ1) is 21.0. The van der Waals surface area contributed by atoms with Crippen molar-refractivity contribution in [3.05, 3.63) is 76.1 Å². The van der Waals surface area contributed by atoms with Gasteiger partial charge in [0, 0.05) is 24.0 Å². The van der Waals surface area contributed by atoms with Gasteiger partial charge in [0.15, 0.2) is 0 Å². The standard InChI is InChI=1S/C19H19N5O5S/c1-3-30(28,29)22-18-9-4-15(10-13(18)2)21-19(25)14-11-20-23(12-14)16-5-7-17(8-6-16)24(26)27/h4-12,22H,3H2,1-2H3,(H,21,25). The molecule has 0 spiro atoms. The van der Waals surface area contributed by atoms with Gasteiger partial charge in [0.25, 0.3) is 11.6 Å². The van der Waals surface area contributed by atoms with Crippen molar-refractivity contribution in [1.82, 2.24) is 9.78 Å². The number of nitro groups is 1.